The molecular weight excluding hydrogens is 238 g/mol. The van der Waals surface area contributed by atoms with Gasteiger partial charge in [-0.3, -0.25) is 9.59 Å². The van der Waals surface area contributed by atoms with Crippen LogP contribution in [0.4, 0.5) is 0 Å². The summed E-state index contributed by atoms with van der Waals surface area (Å²) in [6.45, 7) is 3.36. The highest BCUT2D eigenvalue weighted by Crippen LogP contribution is 2.18. The number of rotatable bonds is 4. The Labute approximate surface area is 104 Å². The number of carbonyl (C=O) groups is 2. The van der Waals surface area contributed by atoms with Crippen LogP contribution in [-0.4, -0.2) is 42.9 Å². The van der Waals surface area contributed by atoms with E-state index in [0.29, 0.717) is 13.2 Å². The highest BCUT2D eigenvalue weighted by atomic mass is 32.1. The van der Waals surface area contributed by atoms with Gasteiger partial charge in [0.25, 0.3) is 0 Å². The number of morpholine rings is 1. The van der Waals surface area contributed by atoms with Gasteiger partial charge in [-0.2, -0.15) is 0 Å². The average Bonchev–Trinajstić information content (AvgIpc) is 2.81. The second-order valence-corrected chi connectivity index (χ2v) is 5.08. The van der Waals surface area contributed by atoms with Crippen molar-refractivity contribution in [1.82, 2.24) is 4.90 Å². The molecule has 2 heterocycles. The number of ketones is 1. The molecule has 0 bridgehead atoms. The van der Waals surface area contributed by atoms with Gasteiger partial charge in [0.2, 0.25) is 5.91 Å². The van der Waals surface area contributed by atoms with Crippen molar-refractivity contribution in [3.8, 4) is 0 Å². The van der Waals surface area contributed by atoms with Crippen molar-refractivity contribution in [2.24, 2.45) is 0 Å². The third-order valence-corrected chi connectivity index (χ3v) is 3.97. The molecule has 1 fully saturated rings. The van der Waals surface area contributed by atoms with Gasteiger partial charge in [0.1, 0.15) is 6.61 Å². The summed E-state index contributed by atoms with van der Waals surface area (Å²) >= 11 is 1.51. The third kappa shape index (κ3) is 2.92. The molecule has 1 aromatic heterocycles. The summed E-state index contributed by atoms with van der Waals surface area (Å²) in [5.41, 5.74) is 0. The van der Waals surface area contributed by atoms with Crippen molar-refractivity contribution in [2.45, 2.75) is 13.3 Å². The molecule has 0 spiro atoms. The molecular formula is C12H15NO3S. The minimum Gasteiger partial charge on any atom is -0.370 e. The molecule has 0 N–H and O–H groups in total. The number of thiophene rings is 1. The zero-order valence-corrected chi connectivity index (χ0v) is 10.6. The lowest BCUT2D eigenvalue weighted by atomic mass is 10.2. The summed E-state index contributed by atoms with van der Waals surface area (Å²) in [4.78, 5) is 26.9. The lowest BCUT2D eigenvalue weighted by molar-refractivity contribution is -0.141. The van der Waals surface area contributed by atoms with Crippen LogP contribution in [0.3, 0.4) is 0 Å². The molecule has 0 saturated carbocycles. The van der Waals surface area contributed by atoms with Gasteiger partial charge in [-0.25, -0.2) is 0 Å². The standard InChI is InChI=1S/C12H15NO3S/c1-2-9-3-4-11(17-9)10(14)7-13-5-6-16-8-12(13)15/h3-4H,2,5-8H2,1H3. The van der Waals surface area contributed by atoms with Crippen molar-refractivity contribution in [3.05, 3.63) is 21.9 Å². The van der Waals surface area contributed by atoms with Crippen LogP contribution in [0, 0.1) is 0 Å². The van der Waals surface area contributed by atoms with Gasteiger partial charge >= 0.3 is 0 Å². The van der Waals surface area contributed by atoms with E-state index in [1.54, 1.807) is 4.90 Å². The number of amides is 1. The van der Waals surface area contributed by atoms with Crippen LogP contribution in [0.25, 0.3) is 0 Å². The molecule has 1 amide bonds. The van der Waals surface area contributed by atoms with E-state index in [-0.39, 0.29) is 24.8 Å². The normalized spacial score (nSPS) is 16.3. The van der Waals surface area contributed by atoms with Crippen molar-refractivity contribution in [1.29, 1.82) is 0 Å². The SMILES string of the molecule is CCc1ccc(C(=O)CN2CCOCC2=O)s1. The van der Waals surface area contributed by atoms with E-state index < -0.39 is 0 Å². The number of nitrogens with zero attached hydrogens (tertiary/aromatic N) is 1. The summed E-state index contributed by atoms with van der Waals surface area (Å²) in [5, 5.41) is 0. The molecule has 0 atom stereocenters. The molecule has 5 heteroatoms. The van der Waals surface area contributed by atoms with E-state index >= 15 is 0 Å². The molecule has 0 aromatic carbocycles. The lowest BCUT2D eigenvalue weighted by Crippen LogP contribution is -2.44. The Kier molecular flexibility index (Phi) is 3.91. The maximum Gasteiger partial charge on any atom is 0.249 e. The molecule has 1 aromatic rings. The molecule has 4 nitrogen and oxygen atoms in total. The molecule has 1 aliphatic heterocycles. The van der Waals surface area contributed by atoms with Gasteiger partial charge in [0.05, 0.1) is 18.0 Å². The lowest BCUT2D eigenvalue weighted by Gasteiger charge is -2.25. The van der Waals surface area contributed by atoms with E-state index in [4.69, 9.17) is 4.74 Å². The first kappa shape index (κ1) is 12.3. The third-order valence-electron chi connectivity index (χ3n) is 2.70. The number of Topliss-reactive ketones (excluding diaryl/α,β-unsaturated/α-hetero) is 1. The van der Waals surface area contributed by atoms with E-state index in [0.717, 1.165) is 11.3 Å². The van der Waals surface area contributed by atoms with Crippen LogP contribution in [0.5, 0.6) is 0 Å². The smallest absolute Gasteiger partial charge is 0.249 e. The zero-order chi connectivity index (χ0) is 12.3. The number of ether oxygens (including phenoxy) is 1. The number of aryl methyl sites for hydroxylation is 1. The Morgan fingerprint density at radius 1 is 1.53 bits per heavy atom. The summed E-state index contributed by atoms with van der Waals surface area (Å²) in [5.74, 6) is -0.0816. The number of carbonyl (C=O) groups excluding carboxylic acids is 2. The Hall–Kier alpha value is -1.20. The van der Waals surface area contributed by atoms with Crippen LogP contribution in [0.1, 0.15) is 21.5 Å². The van der Waals surface area contributed by atoms with Crippen LogP contribution >= 0.6 is 11.3 Å². The second kappa shape index (κ2) is 5.42. The maximum atomic E-state index is 12.0. The zero-order valence-electron chi connectivity index (χ0n) is 9.77. The van der Waals surface area contributed by atoms with Crippen LogP contribution < -0.4 is 0 Å². The van der Waals surface area contributed by atoms with Crippen molar-refractivity contribution in [3.63, 3.8) is 0 Å². The van der Waals surface area contributed by atoms with Crippen molar-refractivity contribution in [2.75, 3.05) is 26.3 Å². The molecule has 1 saturated heterocycles. The highest BCUT2D eigenvalue weighted by molar-refractivity contribution is 7.14. The van der Waals surface area contributed by atoms with Gasteiger partial charge < -0.3 is 9.64 Å². The fourth-order valence-corrected chi connectivity index (χ4v) is 2.56. The van der Waals surface area contributed by atoms with Gasteiger partial charge in [-0.1, -0.05) is 6.92 Å². The first-order valence-electron chi connectivity index (χ1n) is 5.68. The first-order valence-corrected chi connectivity index (χ1v) is 6.49. The van der Waals surface area contributed by atoms with Crippen LogP contribution in [-0.2, 0) is 16.0 Å². The molecule has 92 valence electrons. The van der Waals surface area contributed by atoms with E-state index in [2.05, 4.69) is 6.92 Å². The van der Waals surface area contributed by atoms with Gasteiger partial charge in [0, 0.05) is 11.4 Å². The molecule has 17 heavy (non-hydrogen) atoms. The second-order valence-electron chi connectivity index (χ2n) is 3.91. The van der Waals surface area contributed by atoms with Crippen LogP contribution in [0.2, 0.25) is 0 Å². The maximum absolute atomic E-state index is 12.0. The van der Waals surface area contributed by atoms with Crippen molar-refractivity contribution >= 4 is 23.0 Å². The Balaban J connectivity index is 1.98. The number of hydrogen-bond acceptors (Lipinski definition) is 4. The van der Waals surface area contributed by atoms with Crippen LogP contribution in [0.15, 0.2) is 12.1 Å². The molecule has 1 aliphatic rings. The van der Waals surface area contributed by atoms with Crippen molar-refractivity contribution < 1.29 is 14.3 Å². The average molecular weight is 253 g/mol. The molecule has 0 unspecified atom stereocenters. The highest BCUT2D eigenvalue weighted by Gasteiger charge is 2.22. The molecule has 0 aliphatic carbocycles. The summed E-state index contributed by atoms with van der Waals surface area (Å²) in [7, 11) is 0. The fraction of sp³-hybridized carbons (Fsp3) is 0.500. The Bertz CT molecular complexity index is 427. The molecule has 0 radical (unpaired) electrons. The summed E-state index contributed by atoms with van der Waals surface area (Å²) < 4.78 is 5.02. The number of hydrogen-bond donors (Lipinski definition) is 0. The largest absolute Gasteiger partial charge is 0.370 e. The predicted molar refractivity (Wildman–Crippen MR) is 65.4 cm³/mol. The quantitative estimate of drug-likeness (QED) is 0.761. The van der Waals surface area contributed by atoms with Gasteiger partial charge in [0.15, 0.2) is 5.78 Å². The van der Waals surface area contributed by atoms with E-state index in [9.17, 15) is 9.59 Å². The minimum absolute atomic E-state index is 0.0185. The monoisotopic (exact) mass is 253 g/mol. The summed E-state index contributed by atoms with van der Waals surface area (Å²) in [6, 6.07) is 3.82. The topological polar surface area (TPSA) is 46.6 Å². The molecule has 2 rings (SSSR count). The first-order chi connectivity index (χ1) is 8.20. The summed E-state index contributed by atoms with van der Waals surface area (Å²) in [6.07, 6.45) is 0.939. The predicted octanol–water partition coefficient (Wildman–Crippen LogP) is 1.35. The van der Waals surface area contributed by atoms with Gasteiger partial charge in [-0.15, -0.1) is 11.3 Å². The van der Waals surface area contributed by atoms with E-state index in [1.807, 2.05) is 12.1 Å². The Morgan fingerprint density at radius 3 is 3.00 bits per heavy atom. The van der Waals surface area contributed by atoms with E-state index in [1.165, 1.54) is 16.2 Å². The fourth-order valence-electron chi connectivity index (χ4n) is 1.69. The minimum atomic E-state index is -0.100. The Morgan fingerprint density at radius 2 is 2.35 bits per heavy atom. The van der Waals surface area contributed by atoms with Gasteiger partial charge in [-0.05, 0) is 18.6 Å².